The van der Waals surface area contributed by atoms with Crippen LogP contribution in [0.2, 0.25) is 0 Å². The van der Waals surface area contributed by atoms with Gasteiger partial charge in [-0.05, 0) is 26.0 Å². The van der Waals surface area contributed by atoms with Crippen molar-refractivity contribution in [1.29, 1.82) is 0 Å². The molecular weight excluding hydrogens is 460 g/mol. The molecule has 0 radical (unpaired) electrons. The first-order valence-corrected chi connectivity index (χ1v) is 12.5. The summed E-state index contributed by atoms with van der Waals surface area (Å²) in [5.41, 5.74) is 8.10. The number of thiazole rings is 2. The Bertz CT molecular complexity index is 1250. The van der Waals surface area contributed by atoms with Gasteiger partial charge in [0.05, 0.1) is 22.0 Å². The van der Waals surface area contributed by atoms with Crippen LogP contribution in [0.25, 0.3) is 10.6 Å². The molecule has 2 amide bonds. The molecule has 0 bridgehead atoms. The Hall–Kier alpha value is -3.01. The molecule has 4 aromatic rings. The van der Waals surface area contributed by atoms with Crippen LogP contribution in [0, 0.1) is 13.8 Å². The van der Waals surface area contributed by atoms with Crippen LogP contribution in [0.15, 0.2) is 64.9 Å². The molecule has 0 unspecified atom stereocenters. The minimum Gasteiger partial charge on any atom is -0.267 e. The second-order valence-corrected chi connectivity index (χ2v) is 9.93. The third-order valence-corrected chi connectivity index (χ3v) is 7.62. The highest BCUT2D eigenvalue weighted by Crippen LogP contribution is 2.28. The van der Waals surface area contributed by atoms with Crippen LogP contribution in [0.5, 0.6) is 0 Å². The number of hydrazine groups is 1. The highest BCUT2D eigenvalue weighted by Gasteiger charge is 2.18. The van der Waals surface area contributed by atoms with Crippen LogP contribution in [-0.2, 0) is 5.75 Å². The topological polar surface area (TPSA) is 84.0 Å². The summed E-state index contributed by atoms with van der Waals surface area (Å²) in [6.45, 7) is 3.75. The zero-order valence-corrected chi connectivity index (χ0v) is 19.9. The van der Waals surface area contributed by atoms with Gasteiger partial charge in [0, 0.05) is 21.6 Å². The zero-order valence-electron chi connectivity index (χ0n) is 17.4. The Morgan fingerprint density at radius 3 is 2.41 bits per heavy atom. The molecule has 0 aliphatic carbocycles. The van der Waals surface area contributed by atoms with Gasteiger partial charge in [0.1, 0.15) is 9.88 Å². The van der Waals surface area contributed by atoms with Crippen LogP contribution >= 0.6 is 34.4 Å². The maximum atomic E-state index is 12.8. The van der Waals surface area contributed by atoms with E-state index in [1.165, 1.54) is 23.1 Å². The predicted molar refractivity (Wildman–Crippen MR) is 130 cm³/mol. The van der Waals surface area contributed by atoms with Crippen molar-refractivity contribution in [2.24, 2.45) is 0 Å². The average Bonchev–Trinajstić information content (AvgIpc) is 3.42. The summed E-state index contributed by atoms with van der Waals surface area (Å²) in [4.78, 5) is 35.7. The monoisotopic (exact) mass is 480 g/mol. The van der Waals surface area contributed by atoms with Gasteiger partial charge in [-0.3, -0.25) is 20.4 Å². The standard InChI is InChI=1S/C23H20N4O2S3/c1-14-20(32-23(24-14)16-8-4-3-5-9-16)22(29)27-26-21(28)18-10-6-7-11-19(18)31-13-17-12-30-15(2)25-17/h3-12H,13H2,1-2H3,(H,26,28)(H,27,29). The van der Waals surface area contributed by atoms with Crippen molar-refractivity contribution >= 4 is 46.2 Å². The Morgan fingerprint density at radius 2 is 1.66 bits per heavy atom. The molecule has 0 saturated carbocycles. The fraction of sp³-hybridized carbons (Fsp3) is 0.130. The van der Waals surface area contributed by atoms with Crippen molar-refractivity contribution < 1.29 is 9.59 Å². The molecule has 162 valence electrons. The van der Waals surface area contributed by atoms with E-state index in [0.29, 0.717) is 21.9 Å². The lowest BCUT2D eigenvalue weighted by atomic mass is 10.2. The number of aryl methyl sites for hydroxylation is 2. The number of nitrogens with one attached hydrogen (secondary N) is 2. The normalized spacial score (nSPS) is 10.7. The van der Waals surface area contributed by atoms with Crippen LogP contribution in [0.3, 0.4) is 0 Å². The van der Waals surface area contributed by atoms with Gasteiger partial charge in [-0.2, -0.15) is 0 Å². The molecule has 4 rings (SSSR count). The second-order valence-electron chi connectivity index (χ2n) is 6.85. The van der Waals surface area contributed by atoms with Crippen molar-refractivity contribution in [2.75, 3.05) is 0 Å². The number of amides is 2. The lowest BCUT2D eigenvalue weighted by Gasteiger charge is -2.10. The van der Waals surface area contributed by atoms with Crippen LogP contribution in [-0.4, -0.2) is 21.8 Å². The Labute approximate surface area is 198 Å². The Kier molecular flexibility index (Phi) is 6.99. The summed E-state index contributed by atoms with van der Waals surface area (Å²) in [6.07, 6.45) is 0. The molecule has 9 heteroatoms. The first-order chi connectivity index (χ1) is 15.5. The van der Waals surface area contributed by atoms with Gasteiger partial charge in [-0.1, -0.05) is 42.5 Å². The number of thioether (sulfide) groups is 1. The number of benzene rings is 2. The maximum absolute atomic E-state index is 12.8. The minimum atomic E-state index is -0.390. The van der Waals surface area contributed by atoms with E-state index in [0.717, 1.165) is 26.2 Å². The largest absolute Gasteiger partial charge is 0.281 e. The highest BCUT2D eigenvalue weighted by atomic mass is 32.2. The van der Waals surface area contributed by atoms with Gasteiger partial charge < -0.3 is 0 Å². The third-order valence-electron chi connectivity index (χ3n) is 4.49. The van der Waals surface area contributed by atoms with E-state index >= 15 is 0 Å². The molecule has 0 saturated heterocycles. The smallest absolute Gasteiger partial charge is 0.267 e. The van der Waals surface area contributed by atoms with Gasteiger partial charge in [0.2, 0.25) is 0 Å². The lowest BCUT2D eigenvalue weighted by Crippen LogP contribution is -2.41. The number of aromatic nitrogens is 2. The highest BCUT2D eigenvalue weighted by molar-refractivity contribution is 7.98. The summed E-state index contributed by atoms with van der Waals surface area (Å²) in [7, 11) is 0. The molecule has 2 aromatic heterocycles. The summed E-state index contributed by atoms with van der Waals surface area (Å²) in [6, 6.07) is 17.0. The molecule has 2 heterocycles. The number of nitrogens with zero attached hydrogens (tertiary/aromatic N) is 2. The number of hydrogen-bond acceptors (Lipinski definition) is 7. The molecule has 6 nitrogen and oxygen atoms in total. The van der Waals surface area contributed by atoms with Crippen LogP contribution < -0.4 is 10.9 Å². The quantitative estimate of drug-likeness (QED) is 0.291. The van der Waals surface area contributed by atoms with E-state index < -0.39 is 5.91 Å². The van der Waals surface area contributed by atoms with Gasteiger partial charge >= 0.3 is 0 Å². The summed E-state index contributed by atoms with van der Waals surface area (Å²) in [5.74, 6) is -0.0940. The van der Waals surface area contributed by atoms with Gasteiger partial charge in [0.15, 0.2) is 0 Å². The Balaban J connectivity index is 1.41. The van der Waals surface area contributed by atoms with Gasteiger partial charge in [-0.25, -0.2) is 9.97 Å². The lowest BCUT2D eigenvalue weighted by molar-refractivity contribution is 0.0846. The molecule has 2 N–H and O–H groups in total. The minimum absolute atomic E-state index is 0.374. The van der Waals surface area contributed by atoms with Crippen molar-refractivity contribution in [1.82, 2.24) is 20.8 Å². The van der Waals surface area contributed by atoms with Crippen LogP contribution in [0.1, 0.15) is 36.4 Å². The zero-order chi connectivity index (χ0) is 22.5. The first kappa shape index (κ1) is 22.2. The molecule has 0 atom stereocenters. The van der Waals surface area contributed by atoms with E-state index in [-0.39, 0.29) is 5.91 Å². The van der Waals surface area contributed by atoms with E-state index in [2.05, 4.69) is 20.8 Å². The molecule has 2 aromatic carbocycles. The molecular formula is C23H20N4O2S3. The molecule has 32 heavy (non-hydrogen) atoms. The summed E-state index contributed by atoms with van der Waals surface area (Å²) < 4.78 is 0. The fourth-order valence-electron chi connectivity index (χ4n) is 2.96. The van der Waals surface area contributed by atoms with E-state index in [1.807, 2.05) is 54.8 Å². The van der Waals surface area contributed by atoms with E-state index in [9.17, 15) is 9.59 Å². The van der Waals surface area contributed by atoms with Crippen molar-refractivity contribution in [3.8, 4) is 10.6 Å². The number of carbonyl (C=O) groups is 2. The SMILES string of the molecule is Cc1nc(CSc2ccccc2C(=O)NNC(=O)c2sc(-c3ccccc3)nc2C)cs1. The van der Waals surface area contributed by atoms with Crippen molar-refractivity contribution in [3.63, 3.8) is 0 Å². The number of hydrogen-bond donors (Lipinski definition) is 2. The Morgan fingerprint density at radius 1 is 0.938 bits per heavy atom. The summed E-state index contributed by atoms with van der Waals surface area (Å²) >= 11 is 4.44. The van der Waals surface area contributed by atoms with Crippen LogP contribution in [0.4, 0.5) is 0 Å². The first-order valence-electron chi connectivity index (χ1n) is 9.77. The van der Waals surface area contributed by atoms with Gasteiger partial charge in [0.25, 0.3) is 11.8 Å². The van der Waals surface area contributed by atoms with Crippen molar-refractivity contribution in [3.05, 3.63) is 86.8 Å². The number of rotatable bonds is 6. The summed E-state index contributed by atoms with van der Waals surface area (Å²) in [5, 5.41) is 3.80. The maximum Gasteiger partial charge on any atom is 0.281 e. The average molecular weight is 481 g/mol. The molecule has 0 aliphatic heterocycles. The van der Waals surface area contributed by atoms with E-state index in [4.69, 9.17) is 0 Å². The van der Waals surface area contributed by atoms with E-state index in [1.54, 1.807) is 30.4 Å². The fourth-order valence-corrected chi connectivity index (χ4v) is 5.58. The number of carbonyl (C=O) groups excluding carboxylic acids is 2. The molecule has 0 spiro atoms. The molecule has 0 aliphatic rings. The predicted octanol–water partition coefficient (Wildman–Crippen LogP) is 5.25. The van der Waals surface area contributed by atoms with Crippen molar-refractivity contribution in [2.45, 2.75) is 24.5 Å². The molecule has 0 fully saturated rings. The third kappa shape index (κ3) is 5.24. The van der Waals surface area contributed by atoms with Gasteiger partial charge in [-0.15, -0.1) is 34.4 Å². The second kappa shape index (κ2) is 10.1.